The zero-order valence-corrected chi connectivity index (χ0v) is 14.6. The Balaban J connectivity index is 1.73. The summed E-state index contributed by atoms with van der Waals surface area (Å²) in [4.78, 5) is 16.3. The molecule has 0 atom stereocenters. The van der Waals surface area contributed by atoms with Crippen LogP contribution in [0.5, 0.6) is 0 Å². The van der Waals surface area contributed by atoms with Crippen molar-refractivity contribution in [1.82, 2.24) is 14.8 Å². The number of fused-ring (bicyclic) bond motifs is 1. The minimum Gasteiger partial charge on any atom is -0.319 e. The SMILES string of the molecule is O=C(Nc1ccc(F)nc1)c1nn(-c2ccccc2Cl)c2c1CCCC2. The molecule has 3 aromatic rings. The number of pyridine rings is 1. The molecular formula is C19H16ClFN4O. The number of nitrogens with one attached hydrogen (secondary N) is 1. The molecule has 1 aliphatic rings. The van der Waals surface area contributed by atoms with Gasteiger partial charge in [-0.25, -0.2) is 9.67 Å². The quantitative estimate of drug-likeness (QED) is 0.703. The summed E-state index contributed by atoms with van der Waals surface area (Å²) < 4.78 is 14.7. The highest BCUT2D eigenvalue weighted by Crippen LogP contribution is 2.30. The van der Waals surface area contributed by atoms with Gasteiger partial charge >= 0.3 is 0 Å². The van der Waals surface area contributed by atoms with E-state index in [4.69, 9.17) is 11.6 Å². The van der Waals surface area contributed by atoms with Gasteiger partial charge in [-0.2, -0.15) is 9.49 Å². The van der Waals surface area contributed by atoms with Gasteiger partial charge < -0.3 is 5.32 Å². The second-order valence-corrected chi connectivity index (χ2v) is 6.58. The van der Waals surface area contributed by atoms with Crippen LogP contribution < -0.4 is 5.32 Å². The molecule has 0 unspecified atom stereocenters. The number of aromatic nitrogens is 3. The second kappa shape index (κ2) is 6.88. The second-order valence-electron chi connectivity index (χ2n) is 6.17. The average Bonchev–Trinajstić information content (AvgIpc) is 3.04. The Morgan fingerprint density at radius 2 is 1.96 bits per heavy atom. The zero-order valence-electron chi connectivity index (χ0n) is 13.9. The molecule has 26 heavy (non-hydrogen) atoms. The maximum atomic E-state index is 12.9. The summed E-state index contributed by atoms with van der Waals surface area (Å²) in [6.07, 6.45) is 4.99. The summed E-state index contributed by atoms with van der Waals surface area (Å²) in [5, 5.41) is 7.88. The van der Waals surface area contributed by atoms with Crippen LogP contribution in [0.25, 0.3) is 5.69 Å². The standard InChI is InChI=1S/C19H16ClFN4O/c20-14-6-2-4-8-16(14)25-15-7-3-1-5-13(15)18(24-25)19(26)23-12-9-10-17(21)22-11-12/h2,4,6,8-11H,1,3,5,7H2,(H,23,26). The minimum absolute atomic E-state index is 0.331. The van der Waals surface area contributed by atoms with E-state index in [2.05, 4.69) is 15.4 Å². The van der Waals surface area contributed by atoms with Gasteiger partial charge in [-0.1, -0.05) is 23.7 Å². The third-order valence-corrected chi connectivity index (χ3v) is 4.78. The van der Waals surface area contributed by atoms with Gasteiger partial charge in [0, 0.05) is 11.3 Å². The summed E-state index contributed by atoms with van der Waals surface area (Å²) in [6.45, 7) is 0. The van der Waals surface area contributed by atoms with Crippen LogP contribution in [0.3, 0.4) is 0 Å². The fourth-order valence-corrected chi connectivity index (χ4v) is 3.46. The lowest BCUT2D eigenvalue weighted by atomic mass is 9.95. The molecule has 0 radical (unpaired) electrons. The number of amides is 1. The third-order valence-electron chi connectivity index (χ3n) is 4.46. The molecule has 0 saturated carbocycles. The van der Waals surface area contributed by atoms with Crippen molar-refractivity contribution in [3.8, 4) is 5.69 Å². The van der Waals surface area contributed by atoms with Crippen molar-refractivity contribution < 1.29 is 9.18 Å². The summed E-state index contributed by atoms with van der Waals surface area (Å²) in [5.41, 5.74) is 3.53. The average molecular weight is 371 g/mol. The monoisotopic (exact) mass is 370 g/mol. The topological polar surface area (TPSA) is 59.8 Å². The predicted octanol–water partition coefficient (Wildman–Crippen LogP) is 4.19. The molecule has 0 spiro atoms. The highest BCUT2D eigenvalue weighted by atomic mass is 35.5. The van der Waals surface area contributed by atoms with Gasteiger partial charge in [0.1, 0.15) is 0 Å². The number of carbonyl (C=O) groups excluding carboxylic acids is 1. The molecule has 4 rings (SSSR count). The smallest absolute Gasteiger partial charge is 0.276 e. The summed E-state index contributed by atoms with van der Waals surface area (Å²) in [5.74, 6) is -0.925. The van der Waals surface area contributed by atoms with Gasteiger partial charge in [-0.05, 0) is 49.9 Å². The van der Waals surface area contributed by atoms with Gasteiger partial charge in [0.2, 0.25) is 5.95 Å². The molecule has 132 valence electrons. The molecule has 7 heteroatoms. The number of anilines is 1. The number of para-hydroxylation sites is 1. The van der Waals surface area contributed by atoms with Crippen LogP contribution in [0.15, 0.2) is 42.6 Å². The molecule has 0 saturated heterocycles. The van der Waals surface area contributed by atoms with Gasteiger partial charge in [0.05, 0.1) is 22.6 Å². The fourth-order valence-electron chi connectivity index (χ4n) is 3.24. The van der Waals surface area contributed by atoms with Crippen LogP contribution >= 0.6 is 11.6 Å². The third kappa shape index (κ3) is 3.08. The fraction of sp³-hybridized carbons (Fsp3) is 0.211. The van der Waals surface area contributed by atoms with E-state index in [0.717, 1.165) is 42.6 Å². The van der Waals surface area contributed by atoms with Gasteiger partial charge in [-0.15, -0.1) is 0 Å². The number of benzene rings is 1. The largest absolute Gasteiger partial charge is 0.319 e. The van der Waals surface area contributed by atoms with Crippen LogP contribution in [0.2, 0.25) is 5.02 Å². The molecular weight excluding hydrogens is 355 g/mol. The van der Waals surface area contributed by atoms with Crippen LogP contribution in [0.1, 0.15) is 34.6 Å². The molecule has 1 N–H and O–H groups in total. The van der Waals surface area contributed by atoms with Crippen LogP contribution in [0.4, 0.5) is 10.1 Å². The predicted molar refractivity (Wildman–Crippen MR) is 97.4 cm³/mol. The Morgan fingerprint density at radius 3 is 2.73 bits per heavy atom. The lowest BCUT2D eigenvalue weighted by Gasteiger charge is -2.14. The number of halogens is 2. The maximum Gasteiger partial charge on any atom is 0.276 e. The number of carbonyl (C=O) groups is 1. The van der Waals surface area contributed by atoms with Crippen molar-refractivity contribution in [2.24, 2.45) is 0 Å². The van der Waals surface area contributed by atoms with E-state index in [-0.39, 0.29) is 5.91 Å². The molecule has 1 aliphatic carbocycles. The molecule has 2 heterocycles. The van der Waals surface area contributed by atoms with E-state index in [0.29, 0.717) is 16.4 Å². The number of hydrogen-bond acceptors (Lipinski definition) is 3. The lowest BCUT2D eigenvalue weighted by molar-refractivity contribution is 0.102. The Kier molecular flexibility index (Phi) is 4.42. The highest BCUT2D eigenvalue weighted by molar-refractivity contribution is 6.32. The Labute approximate surface area is 154 Å². The molecule has 2 aromatic heterocycles. The lowest BCUT2D eigenvalue weighted by Crippen LogP contribution is -2.15. The van der Waals surface area contributed by atoms with E-state index in [1.807, 2.05) is 18.2 Å². The molecule has 1 aromatic carbocycles. The minimum atomic E-state index is -0.594. The van der Waals surface area contributed by atoms with E-state index in [9.17, 15) is 9.18 Å². The molecule has 5 nitrogen and oxygen atoms in total. The van der Waals surface area contributed by atoms with Gasteiger partial charge in [0.25, 0.3) is 5.91 Å². The van der Waals surface area contributed by atoms with E-state index in [1.54, 1.807) is 10.7 Å². The van der Waals surface area contributed by atoms with Crippen LogP contribution in [0, 0.1) is 5.95 Å². The Morgan fingerprint density at radius 1 is 1.15 bits per heavy atom. The van der Waals surface area contributed by atoms with Crippen molar-refractivity contribution in [3.63, 3.8) is 0 Å². The van der Waals surface area contributed by atoms with Crippen LogP contribution in [-0.4, -0.2) is 20.7 Å². The van der Waals surface area contributed by atoms with Crippen molar-refractivity contribution in [2.75, 3.05) is 5.32 Å². The highest BCUT2D eigenvalue weighted by Gasteiger charge is 2.26. The summed E-state index contributed by atoms with van der Waals surface area (Å²) >= 11 is 6.33. The molecule has 0 fully saturated rings. The Bertz CT molecular complexity index is 968. The van der Waals surface area contributed by atoms with Gasteiger partial charge in [0.15, 0.2) is 5.69 Å². The van der Waals surface area contributed by atoms with Crippen molar-refractivity contribution >= 4 is 23.2 Å². The first-order valence-electron chi connectivity index (χ1n) is 8.42. The Hall–Kier alpha value is -2.73. The number of nitrogens with zero attached hydrogens (tertiary/aromatic N) is 3. The molecule has 0 bridgehead atoms. The van der Waals surface area contributed by atoms with Crippen molar-refractivity contribution in [1.29, 1.82) is 0 Å². The molecule has 0 aliphatic heterocycles. The normalized spacial score (nSPS) is 13.3. The van der Waals surface area contributed by atoms with E-state index < -0.39 is 5.95 Å². The van der Waals surface area contributed by atoms with Crippen LogP contribution in [-0.2, 0) is 12.8 Å². The number of hydrogen-bond donors (Lipinski definition) is 1. The summed E-state index contributed by atoms with van der Waals surface area (Å²) in [7, 11) is 0. The van der Waals surface area contributed by atoms with Crippen molar-refractivity contribution in [3.05, 3.63) is 70.5 Å². The number of rotatable bonds is 3. The van der Waals surface area contributed by atoms with E-state index >= 15 is 0 Å². The first-order chi connectivity index (χ1) is 12.6. The maximum absolute atomic E-state index is 12.9. The first kappa shape index (κ1) is 16.7. The zero-order chi connectivity index (χ0) is 18.1. The summed E-state index contributed by atoms with van der Waals surface area (Å²) in [6, 6.07) is 10.1. The van der Waals surface area contributed by atoms with Gasteiger partial charge in [-0.3, -0.25) is 4.79 Å². The first-order valence-corrected chi connectivity index (χ1v) is 8.80. The van der Waals surface area contributed by atoms with E-state index in [1.165, 1.54) is 18.3 Å². The molecule has 1 amide bonds. The van der Waals surface area contributed by atoms with Crippen molar-refractivity contribution in [2.45, 2.75) is 25.7 Å².